The molecule has 0 radical (unpaired) electrons. The van der Waals surface area contributed by atoms with Crippen molar-refractivity contribution in [1.82, 2.24) is 24.8 Å². The van der Waals surface area contributed by atoms with Gasteiger partial charge in [0.25, 0.3) is 0 Å². The summed E-state index contributed by atoms with van der Waals surface area (Å²) in [4.78, 5) is 22.7. The van der Waals surface area contributed by atoms with Gasteiger partial charge in [0, 0.05) is 31.7 Å². The van der Waals surface area contributed by atoms with Crippen LogP contribution in [0.25, 0.3) is 10.9 Å². The van der Waals surface area contributed by atoms with Crippen LogP contribution in [0.2, 0.25) is 0 Å². The Kier molecular flexibility index (Phi) is 8.54. The smallest absolute Gasteiger partial charge is 0.225 e. The molecule has 4 heterocycles. The summed E-state index contributed by atoms with van der Waals surface area (Å²) in [5.74, 6) is 3.47. The van der Waals surface area contributed by atoms with Gasteiger partial charge in [-0.15, -0.1) is 0 Å². The maximum Gasteiger partial charge on any atom is 0.225 e. The highest BCUT2D eigenvalue weighted by atomic mass is 16.5. The van der Waals surface area contributed by atoms with Crippen LogP contribution in [-0.2, 0) is 4.74 Å². The first kappa shape index (κ1) is 26.2. The van der Waals surface area contributed by atoms with Gasteiger partial charge in [-0.2, -0.15) is 4.98 Å². The number of methoxy groups -OCH3 is 1. The van der Waals surface area contributed by atoms with Gasteiger partial charge in [-0.25, -0.2) is 9.97 Å². The van der Waals surface area contributed by atoms with Gasteiger partial charge in [0.15, 0.2) is 5.75 Å². The van der Waals surface area contributed by atoms with E-state index in [0.29, 0.717) is 49.2 Å². The van der Waals surface area contributed by atoms with E-state index < -0.39 is 0 Å². The first-order valence-corrected chi connectivity index (χ1v) is 13.3. The van der Waals surface area contributed by atoms with Crippen molar-refractivity contribution in [2.24, 2.45) is 0 Å². The van der Waals surface area contributed by atoms with Crippen molar-refractivity contribution < 1.29 is 18.9 Å². The molecule has 3 aromatic rings. The first-order valence-electron chi connectivity index (χ1n) is 13.3. The van der Waals surface area contributed by atoms with Crippen LogP contribution in [0.5, 0.6) is 17.4 Å². The van der Waals surface area contributed by atoms with Crippen molar-refractivity contribution in [2.75, 3.05) is 70.9 Å². The Morgan fingerprint density at radius 1 is 1.00 bits per heavy atom. The van der Waals surface area contributed by atoms with Gasteiger partial charge in [0.1, 0.15) is 24.3 Å². The molecular formula is C27H37N7O4. The summed E-state index contributed by atoms with van der Waals surface area (Å²) in [6, 6.07) is 4.26. The van der Waals surface area contributed by atoms with E-state index in [9.17, 15) is 0 Å². The zero-order valence-corrected chi connectivity index (χ0v) is 22.4. The fourth-order valence-electron chi connectivity index (χ4n) is 4.69. The van der Waals surface area contributed by atoms with E-state index >= 15 is 0 Å². The minimum absolute atomic E-state index is 0.0725. The molecule has 0 atom stereocenters. The van der Waals surface area contributed by atoms with E-state index in [1.807, 2.05) is 26.2 Å². The van der Waals surface area contributed by atoms with E-state index in [1.165, 1.54) is 0 Å². The van der Waals surface area contributed by atoms with Crippen LogP contribution in [0.4, 0.5) is 11.8 Å². The van der Waals surface area contributed by atoms with E-state index in [4.69, 9.17) is 23.9 Å². The highest BCUT2D eigenvalue weighted by Crippen LogP contribution is 2.33. The summed E-state index contributed by atoms with van der Waals surface area (Å²) in [6.07, 6.45) is 8.98. The Bertz CT molecular complexity index is 1180. The monoisotopic (exact) mass is 523 g/mol. The first-order chi connectivity index (χ1) is 18.6. The van der Waals surface area contributed by atoms with Gasteiger partial charge in [0.05, 0.1) is 49.8 Å². The average molecular weight is 524 g/mol. The van der Waals surface area contributed by atoms with E-state index in [1.54, 1.807) is 25.7 Å². The van der Waals surface area contributed by atoms with Crippen LogP contribution in [0.15, 0.2) is 30.7 Å². The normalized spacial score (nSPS) is 19.9. The highest BCUT2D eigenvalue weighted by Gasteiger charge is 2.25. The molecule has 38 heavy (non-hydrogen) atoms. The molecule has 0 spiro atoms. The molecule has 0 aromatic carbocycles. The molecule has 0 bridgehead atoms. The largest absolute Gasteiger partial charge is 0.495 e. The summed E-state index contributed by atoms with van der Waals surface area (Å²) >= 11 is 0. The van der Waals surface area contributed by atoms with Crippen molar-refractivity contribution >= 4 is 22.7 Å². The third-order valence-electron chi connectivity index (χ3n) is 6.90. The summed E-state index contributed by atoms with van der Waals surface area (Å²) in [5.41, 5.74) is 0.846. The Hall–Kier alpha value is -3.44. The molecule has 1 saturated carbocycles. The number of nitrogens with one attached hydrogen (secondary N) is 1. The SMILES string of the molecule is COc1cnc2cc(N3CCOCC3)nc(O[C@H]3CC[C@@H](Nc4ncc(OCCN(C)C)cn4)CC3)c2c1. The molecule has 2 aliphatic rings. The van der Waals surface area contributed by atoms with Crippen molar-refractivity contribution in [3.8, 4) is 17.4 Å². The topological polar surface area (TPSA) is 107 Å². The van der Waals surface area contributed by atoms with Gasteiger partial charge in [-0.3, -0.25) is 4.98 Å². The minimum atomic E-state index is 0.0725. The zero-order valence-electron chi connectivity index (χ0n) is 22.4. The highest BCUT2D eigenvalue weighted by molar-refractivity contribution is 5.87. The maximum absolute atomic E-state index is 6.52. The van der Waals surface area contributed by atoms with Crippen LogP contribution in [0.3, 0.4) is 0 Å². The summed E-state index contributed by atoms with van der Waals surface area (Å²) in [5, 5.41) is 4.33. The van der Waals surface area contributed by atoms with Crippen LogP contribution in [0.1, 0.15) is 25.7 Å². The molecule has 0 unspecified atom stereocenters. The molecule has 0 amide bonds. The van der Waals surface area contributed by atoms with Crippen LogP contribution >= 0.6 is 0 Å². The molecule has 3 aromatic heterocycles. The van der Waals surface area contributed by atoms with Gasteiger partial charge in [-0.1, -0.05) is 0 Å². The maximum atomic E-state index is 6.52. The summed E-state index contributed by atoms with van der Waals surface area (Å²) in [7, 11) is 5.67. The molecule has 5 rings (SSSR count). The number of fused-ring (bicyclic) bond motifs is 1. The Balaban J connectivity index is 1.20. The molecule has 2 fully saturated rings. The number of pyridine rings is 2. The molecule has 1 N–H and O–H groups in total. The van der Waals surface area contributed by atoms with Crippen molar-refractivity contribution in [3.05, 3.63) is 30.7 Å². The number of hydrogen-bond acceptors (Lipinski definition) is 11. The van der Waals surface area contributed by atoms with E-state index in [2.05, 4.69) is 30.1 Å². The number of anilines is 2. The Morgan fingerprint density at radius 3 is 2.45 bits per heavy atom. The lowest BCUT2D eigenvalue weighted by Crippen LogP contribution is -2.37. The van der Waals surface area contributed by atoms with Gasteiger partial charge in [0.2, 0.25) is 11.8 Å². The standard InChI is InChI=1S/C27H37N7O4/c1-33(2)8-13-37-22-17-29-27(30-18-22)31-19-4-6-20(7-5-19)38-26-23-14-21(35-3)16-28-24(23)15-25(32-26)34-9-11-36-12-10-34/h14-20H,4-13H2,1-3H3,(H,29,30,31)/t19-,20+. The third-order valence-corrected chi connectivity index (χ3v) is 6.90. The minimum Gasteiger partial charge on any atom is -0.495 e. The van der Waals surface area contributed by atoms with Crippen molar-refractivity contribution in [1.29, 1.82) is 0 Å². The second-order valence-electron chi connectivity index (χ2n) is 9.96. The molecule has 11 nitrogen and oxygen atoms in total. The number of rotatable bonds is 10. The molecule has 1 aliphatic carbocycles. The van der Waals surface area contributed by atoms with E-state index in [0.717, 1.165) is 62.0 Å². The van der Waals surface area contributed by atoms with Gasteiger partial charge in [-0.05, 0) is 45.8 Å². The molecule has 11 heteroatoms. The lowest BCUT2D eigenvalue weighted by Gasteiger charge is -2.31. The number of ether oxygens (including phenoxy) is 4. The number of likely N-dealkylation sites (N-methyl/N-ethyl adjacent to an activating group) is 1. The fourth-order valence-corrected chi connectivity index (χ4v) is 4.69. The van der Waals surface area contributed by atoms with Crippen LogP contribution in [0, 0.1) is 0 Å². The summed E-state index contributed by atoms with van der Waals surface area (Å²) in [6.45, 7) is 4.44. The van der Waals surface area contributed by atoms with Gasteiger partial charge < -0.3 is 34.1 Å². The number of nitrogens with zero attached hydrogens (tertiary/aromatic N) is 6. The lowest BCUT2D eigenvalue weighted by molar-refractivity contribution is 0.122. The Morgan fingerprint density at radius 2 is 1.74 bits per heavy atom. The molecule has 1 saturated heterocycles. The number of aromatic nitrogens is 4. The lowest BCUT2D eigenvalue weighted by atomic mass is 9.93. The summed E-state index contributed by atoms with van der Waals surface area (Å²) < 4.78 is 23.1. The Labute approximate surface area is 223 Å². The third kappa shape index (κ3) is 6.70. The molecule has 204 valence electrons. The number of hydrogen-bond donors (Lipinski definition) is 1. The number of morpholine rings is 1. The predicted molar refractivity (Wildman–Crippen MR) is 145 cm³/mol. The second kappa shape index (κ2) is 12.4. The van der Waals surface area contributed by atoms with E-state index in [-0.39, 0.29) is 6.10 Å². The van der Waals surface area contributed by atoms with Gasteiger partial charge >= 0.3 is 0 Å². The van der Waals surface area contributed by atoms with Crippen LogP contribution in [-0.4, -0.2) is 97.6 Å². The predicted octanol–water partition coefficient (Wildman–Crippen LogP) is 3.01. The van der Waals surface area contributed by atoms with Crippen molar-refractivity contribution in [2.45, 2.75) is 37.8 Å². The average Bonchev–Trinajstić information content (AvgIpc) is 2.95. The second-order valence-corrected chi connectivity index (χ2v) is 9.96. The molecular weight excluding hydrogens is 486 g/mol. The quantitative estimate of drug-likeness (QED) is 0.424. The molecule has 1 aliphatic heterocycles. The fraction of sp³-hybridized carbons (Fsp3) is 0.556. The van der Waals surface area contributed by atoms with Crippen LogP contribution < -0.4 is 24.4 Å². The van der Waals surface area contributed by atoms with Crippen molar-refractivity contribution in [3.63, 3.8) is 0 Å². The zero-order chi connectivity index (χ0) is 26.3.